The highest BCUT2D eigenvalue weighted by molar-refractivity contribution is 5.77. The number of para-hydroxylation sites is 1. The summed E-state index contributed by atoms with van der Waals surface area (Å²) in [5, 5.41) is 3.96. The predicted octanol–water partition coefficient (Wildman–Crippen LogP) is 2.45. The van der Waals surface area contributed by atoms with Gasteiger partial charge in [0, 0.05) is 0 Å². The molecule has 0 atom stereocenters. The quantitative estimate of drug-likeness (QED) is 0.783. The van der Waals surface area contributed by atoms with Crippen LogP contribution >= 0.6 is 0 Å². The Hall–Kier alpha value is -1.68. The molecule has 1 aromatic heterocycles. The van der Waals surface area contributed by atoms with Crippen LogP contribution in [0, 0.1) is 5.92 Å². The highest BCUT2D eigenvalue weighted by atomic mass is 16.1. The van der Waals surface area contributed by atoms with E-state index in [0.29, 0.717) is 17.8 Å². The van der Waals surface area contributed by atoms with Gasteiger partial charge in [0.25, 0.3) is 5.56 Å². The molecule has 0 aliphatic rings. The van der Waals surface area contributed by atoms with Crippen LogP contribution in [0.25, 0.3) is 10.9 Å². The number of aromatic nitrogens is 2. The third-order valence-corrected chi connectivity index (χ3v) is 3.09. The van der Waals surface area contributed by atoms with Crippen LogP contribution in [-0.2, 0) is 6.54 Å². The molecule has 0 aliphatic carbocycles. The summed E-state index contributed by atoms with van der Waals surface area (Å²) >= 11 is 0. The van der Waals surface area contributed by atoms with Gasteiger partial charge >= 0.3 is 0 Å². The Kier molecular flexibility index (Phi) is 4.68. The Morgan fingerprint density at radius 2 is 2.11 bits per heavy atom. The molecule has 102 valence electrons. The van der Waals surface area contributed by atoms with Crippen LogP contribution in [-0.4, -0.2) is 16.5 Å². The number of benzene rings is 1. The Morgan fingerprint density at radius 3 is 2.89 bits per heavy atom. The molecular formula is C15H21N3O. The van der Waals surface area contributed by atoms with Crippen molar-refractivity contribution >= 4 is 10.9 Å². The average molecular weight is 259 g/mol. The van der Waals surface area contributed by atoms with E-state index in [-0.39, 0.29) is 5.56 Å². The number of rotatable bonds is 6. The third-order valence-electron chi connectivity index (χ3n) is 3.09. The summed E-state index contributed by atoms with van der Waals surface area (Å²) in [4.78, 5) is 19.1. The number of H-pyrrole nitrogens is 1. The van der Waals surface area contributed by atoms with Crippen molar-refractivity contribution in [3.8, 4) is 0 Å². The van der Waals surface area contributed by atoms with E-state index in [2.05, 4.69) is 29.1 Å². The maximum absolute atomic E-state index is 11.9. The molecule has 19 heavy (non-hydrogen) atoms. The van der Waals surface area contributed by atoms with Gasteiger partial charge in [-0.1, -0.05) is 26.0 Å². The fraction of sp³-hybridized carbons (Fsp3) is 0.467. The second-order valence-electron chi connectivity index (χ2n) is 5.24. The molecule has 2 N–H and O–H groups in total. The number of hydrogen-bond acceptors (Lipinski definition) is 3. The first kappa shape index (κ1) is 13.7. The van der Waals surface area contributed by atoms with Crippen molar-refractivity contribution in [2.24, 2.45) is 5.92 Å². The SMILES string of the molecule is CC(C)CCCNCc1nc2ccccc2c(=O)[nH]1. The summed E-state index contributed by atoms with van der Waals surface area (Å²) in [5.41, 5.74) is 0.690. The van der Waals surface area contributed by atoms with Crippen molar-refractivity contribution in [3.63, 3.8) is 0 Å². The summed E-state index contributed by atoms with van der Waals surface area (Å²) in [6.45, 7) is 6.01. The first-order valence-corrected chi connectivity index (χ1v) is 6.85. The topological polar surface area (TPSA) is 57.8 Å². The molecular weight excluding hydrogens is 238 g/mol. The highest BCUT2D eigenvalue weighted by Crippen LogP contribution is 2.05. The van der Waals surface area contributed by atoms with Crippen LogP contribution in [0.5, 0.6) is 0 Å². The van der Waals surface area contributed by atoms with Crippen LogP contribution < -0.4 is 10.9 Å². The van der Waals surface area contributed by atoms with Crippen LogP contribution in [0.3, 0.4) is 0 Å². The Morgan fingerprint density at radius 1 is 1.32 bits per heavy atom. The van der Waals surface area contributed by atoms with Crippen molar-refractivity contribution in [1.29, 1.82) is 0 Å². The second-order valence-corrected chi connectivity index (χ2v) is 5.24. The van der Waals surface area contributed by atoms with Crippen molar-refractivity contribution in [2.75, 3.05) is 6.54 Å². The first-order valence-electron chi connectivity index (χ1n) is 6.85. The van der Waals surface area contributed by atoms with Crippen molar-refractivity contribution in [3.05, 3.63) is 40.4 Å². The van der Waals surface area contributed by atoms with E-state index in [1.165, 1.54) is 6.42 Å². The molecule has 0 unspecified atom stereocenters. The fourth-order valence-electron chi connectivity index (χ4n) is 2.06. The molecule has 1 aromatic carbocycles. The van der Waals surface area contributed by atoms with Gasteiger partial charge in [-0.25, -0.2) is 4.98 Å². The fourth-order valence-corrected chi connectivity index (χ4v) is 2.06. The number of nitrogens with one attached hydrogen (secondary N) is 2. The van der Waals surface area contributed by atoms with E-state index in [4.69, 9.17) is 0 Å². The van der Waals surface area contributed by atoms with E-state index < -0.39 is 0 Å². The van der Waals surface area contributed by atoms with E-state index in [9.17, 15) is 4.79 Å². The molecule has 2 rings (SSSR count). The number of nitrogens with zero attached hydrogens (tertiary/aromatic N) is 1. The van der Waals surface area contributed by atoms with Gasteiger partial charge in [-0.3, -0.25) is 4.79 Å². The van der Waals surface area contributed by atoms with Crippen molar-refractivity contribution in [1.82, 2.24) is 15.3 Å². The number of fused-ring (bicyclic) bond motifs is 1. The van der Waals surface area contributed by atoms with Gasteiger partial charge in [-0.2, -0.15) is 0 Å². The Balaban J connectivity index is 1.96. The van der Waals surface area contributed by atoms with Gasteiger partial charge in [0.05, 0.1) is 17.4 Å². The van der Waals surface area contributed by atoms with E-state index in [0.717, 1.165) is 24.4 Å². The number of hydrogen-bond donors (Lipinski definition) is 2. The van der Waals surface area contributed by atoms with Gasteiger partial charge in [0.1, 0.15) is 5.82 Å². The molecule has 0 amide bonds. The van der Waals surface area contributed by atoms with Crippen molar-refractivity contribution in [2.45, 2.75) is 33.2 Å². The lowest BCUT2D eigenvalue weighted by Gasteiger charge is -2.06. The van der Waals surface area contributed by atoms with Gasteiger partial charge in [0.15, 0.2) is 0 Å². The lowest BCUT2D eigenvalue weighted by atomic mass is 10.1. The molecule has 4 nitrogen and oxygen atoms in total. The van der Waals surface area contributed by atoms with Gasteiger partial charge in [0.2, 0.25) is 0 Å². The van der Waals surface area contributed by atoms with E-state index >= 15 is 0 Å². The monoisotopic (exact) mass is 259 g/mol. The molecule has 0 bridgehead atoms. The molecule has 0 spiro atoms. The maximum atomic E-state index is 11.9. The standard InChI is InChI=1S/C15H21N3O/c1-11(2)6-5-9-16-10-14-17-13-8-4-3-7-12(13)15(19)18-14/h3-4,7-8,11,16H,5-6,9-10H2,1-2H3,(H,17,18,19). The molecule has 0 saturated carbocycles. The largest absolute Gasteiger partial charge is 0.310 e. The van der Waals surface area contributed by atoms with Gasteiger partial charge in [-0.15, -0.1) is 0 Å². The normalized spacial score (nSPS) is 11.3. The van der Waals surface area contributed by atoms with Gasteiger partial charge in [-0.05, 0) is 37.4 Å². The van der Waals surface area contributed by atoms with Gasteiger partial charge < -0.3 is 10.3 Å². The molecule has 0 aliphatic heterocycles. The Labute approximate surface area is 113 Å². The first-order chi connectivity index (χ1) is 9.16. The minimum absolute atomic E-state index is 0.0652. The van der Waals surface area contributed by atoms with Crippen LogP contribution in [0.1, 0.15) is 32.5 Å². The van der Waals surface area contributed by atoms with E-state index in [1.54, 1.807) is 6.07 Å². The van der Waals surface area contributed by atoms with Crippen molar-refractivity contribution < 1.29 is 0 Å². The third kappa shape index (κ3) is 3.89. The summed E-state index contributed by atoms with van der Waals surface area (Å²) in [5.74, 6) is 1.44. The smallest absolute Gasteiger partial charge is 0.258 e. The highest BCUT2D eigenvalue weighted by Gasteiger charge is 2.02. The van der Waals surface area contributed by atoms with Crippen LogP contribution in [0.15, 0.2) is 29.1 Å². The minimum atomic E-state index is -0.0652. The van der Waals surface area contributed by atoms with E-state index in [1.807, 2.05) is 18.2 Å². The number of aromatic amines is 1. The maximum Gasteiger partial charge on any atom is 0.258 e. The molecule has 0 fully saturated rings. The Bertz CT molecular complexity index is 589. The summed E-state index contributed by atoms with van der Waals surface area (Å²) in [6.07, 6.45) is 2.37. The molecule has 4 heteroatoms. The molecule has 1 heterocycles. The average Bonchev–Trinajstić information content (AvgIpc) is 2.38. The molecule has 0 radical (unpaired) electrons. The lowest BCUT2D eigenvalue weighted by Crippen LogP contribution is -2.20. The zero-order valence-electron chi connectivity index (χ0n) is 11.6. The summed E-state index contributed by atoms with van der Waals surface area (Å²) in [7, 11) is 0. The van der Waals surface area contributed by atoms with Crippen LogP contribution in [0.2, 0.25) is 0 Å². The lowest BCUT2D eigenvalue weighted by molar-refractivity contribution is 0.524. The molecule has 0 saturated heterocycles. The zero-order chi connectivity index (χ0) is 13.7. The summed E-state index contributed by atoms with van der Waals surface area (Å²) in [6, 6.07) is 7.41. The second kappa shape index (κ2) is 6.48. The molecule has 2 aromatic rings. The minimum Gasteiger partial charge on any atom is -0.310 e. The summed E-state index contributed by atoms with van der Waals surface area (Å²) < 4.78 is 0. The zero-order valence-corrected chi connectivity index (χ0v) is 11.6. The van der Waals surface area contributed by atoms with Crippen LogP contribution in [0.4, 0.5) is 0 Å². The predicted molar refractivity (Wildman–Crippen MR) is 78.1 cm³/mol.